The fraction of sp³-hybridized carbons (Fsp3) is 0.939. The quantitative estimate of drug-likeness (QED) is 0.0279. The molecule has 0 aromatic heterocycles. The van der Waals surface area contributed by atoms with E-state index in [4.69, 9.17) is 47.4 Å². The largest absolute Gasteiger partial charge is 0.394 e. The second-order valence-electron chi connectivity index (χ2n) is 26.4. The third kappa shape index (κ3) is 25.9. The van der Waals surface area contributed by atoms with Gasteiger partial charge in [0.2, 0.25) is 11.8 Å². The van der Waals surface area contributed by atoms with Crippen molar-refractivity contribution in [2.45, 2.75) is 360 Å². The van der Waals surface area contributed by atoms with Crippen molar-refractivity contribution in [3.63, 3.8) is 0 Å². The van der Waals surface area contributed by atoms with Gasteiger partial charge in [-0.05, 0) is 26.2 Å². The van der Waals surface area contributed by atoms with Gasteiger partial charge >= 0.3 is 0 Å². The van der Waals surface area contributed by atoms with Crippen LogP contribution < -0.4 is 10.6 Å². The molecule has 17 N–H and O–H groups in total. The van der Waals surface area contributed by atoms with Crippen LogP contribution in [0.1, 0.15) is 195 Å². The van der Waals surface area contributed by atoms with Gasteiger partial charge < -0.3 is 135 Å². The highest BCUT2D eigenvalue weighted by atomic mass is 16.8. The van der Waals surface area contributed by atoms with E-state index in [9.17, 15) is 86.2 Å². The summed E-state index contributed by atoms with van der Waals surface area (Å²) in [7, 11) is 0. The first-order chi connectivity index (χ1) is 45.7. The average Bonchev–Trinajstić information content (AvgIpc) is 0.778. The van der Waals surface area contributed by atoms with Crippen LogP contribution in [0.25, 0.3) is 0 Å². The number of unbranched alkanes of at least 4 members (excludes halogenated alkanes) is 23. The predicted molar refractivity (Wildman–Crippen MR) is 339 cm³/mol. The first kappa shape index (κ1) is 83.3. The number of aliphatic hydroxyl groups is 15. The SMILES string of the molecule is CCCCCCCCCCCCC/C=C/[C@@H](O)[C@H](CO[C@@H]1OC(CO)[C@@H](O[C@@H]2OC(CO)[C@H](O[C@@H]3OC(CO)[C@H](O)[C@H](O[C@@H]4OC(CO)[C@H](O)[C@H](O)C4O[C@H]4OC(C)[C@@H](O)C(O)[C@@H]4O)C3NC(C)=O)[C@H](O)C2O)[C@H](O)C1O)NC(=O)CCCCCCCCCCCCCCC. The monoisotopic (exact) mass is 1370 g/mol. The summed E-state index contributed by atoms with van der Waals surface area (Å²) in [5, 5.41) is 171. The van der Waals surface area contributed by atoms with Crippen LogP contribution in [0.15, 0.2) is 12.2 Å². The third-order valence-corrected chi connectivity index (χ3v) is 18.7. The van der Waals surface area contributed by atoms with E-state index in [1.165, 1.54) is 110 Å². The number of rotatable bonds is 45. The summed E-state index contributed by atoms with van der Waals surface area (Å²) < 4.78 is 59.0. The minimum atomic E-state index is -2.15. The van der Waals surface area contributed by atoms with Gasteiger partial charge in [-0.25, -0.2) is 0 Å². The van der Waals surface area contributed by atoms with Gasteiger partial charge in [0.25, 0.3) is 0 Å². The topological polar surface area (TPSA) is 454 Å². The lowest BCUT2D eigenvalue weighted by Crippen LogP contribution is -2.70. The molecule has 5 rings (SSSR count). The average molecular weight is 1370 g/mol. The Bertz CT molecular complexity index is 2090. The van der Waals surface area contributed by atoms with Crippen LogP contribution in [0.5, 0.6) is 0 Å². The van der Waals surface area contributed by atoms with Crippen molar-refractivity contribution in [1.82, 2.24) is 10.6 Å². The number of allylic oxidation sites excluding steroid dienone is 1. The van der Waals surface area contributed by atoms with E-state index in [-0.39, 0.29) is 12.3 Å². The van der Waals surface area contributed by atoms with E-state index in [0.717, 1.165) is 51.9 Å². The predicted octanol–water partition coefficient (Wildman–Crippen LogP) is -0.145. The molecule has 5 heterocycles. The smallest absolute Gasteiger partial charge is 0.220 e. The van der Waals surface area contributed by atoms with E-state index in [1.807, 2.05) is 6.08 Å². The fourth-order valence-electron chi connectivity index (χ4n) is 12.8. The molecule has 0 aromatic carbocycles. The highest BCUT2D eigenvalue weighted by Gasteiger charge is 2.57. The Morgan fingerprint density at radius 3 is 1.35 bits per heavy atom. The normalized spacial score (nSPS) is 36.9. The molecule has 0 saturated carbocycles. The van der Waals surface area contributed by atoms with Gasteiger partial charge in [0.1, 0.15) is 116 Å². The lowest BCUT2D eigenvalue weighted by molar-refractivity contribution is -0.389. The molecule has 0 aromatic rings. The van der Waals surface area contributed by atoms with Gasteiger partial charge in [-0.15, -0.1) is 0 Å². The second-order valence-corrected chi connectivity index (χ2v) is 26.4. The summed E-state index contributed by atoms with van der Waals surface area (Å²) in [5.74, 6) is -1.14. The number of carbonyl (C=O) groups excluding carboxylic acids is 2. The molecule has 29 nitrogen and oxygen atoms in total. The maximum atomic E-state index is 13.4. The first-order valence-corrected chi connectivity index (χ1v) is 35.3. The molecule has 0 bridgehead atoms. The van der Waals surface area contributed by atoms with E-state index in [1.54, 1.807) is 6.08 Å². The molecule has 556 valence electrons. The van der Waals surface area contributed by atoms with Gasteiger partial charge in [0.15, 0.2) is 31.5 Å². The first-order valence-electron chi connectivity index (χ1n) is 35.3. The molecule has 0 aliphatic carbocycles. The Balaban J connectivity index is 1.22. The standard InChI is InChI=1S/C66H120N2O27/c1-5-7-9-11-13-15-17-19-21-23-25-27-29-31-41(74)40(68-46(75)32-30-28-26-24-22-20-18-16-14-12-10-8-6-2)37-86-63-56(84)53(81)59(44(35-71)90-63)93-65-57(85)54(82)58(45(36-72)91-65)92-62-47(67-39(4)73)60(50(78)43(34-70)88-62)94-66-61(52(80)49(77)42(33-69)89-66)95-64-55(83)51(79)48(76)38(3)87-64/h29,31,38,40-45,47-66,69-72,74,76-85H,5-28,30,32-37H2,1-4H3,(H,67,73)(H,68,75)/b31-29+/t38?,40-,41+,42?,43?,44?,45?,47?,48+,49-,50-,51?,52-,53+,54+,55-,56?,57?,58-,59+,60+,61?,62-,63+,64+,65-,66-/m0/s1. The molecular formula is C66H120N2O27. The lowest BCUT2D eigenvalue weighted by Gasteiger charge is -2.50. The van der Waals surface area contributed by atoms with Crippen LogP contribution in [-0.2, 0) is 57.0 Å². The van der Waals surface area contributed by atoms with Gasteiger partial charge in [-0.3, -0.25) is 9.59 Å². The van der Waals surface area contributed by atoms with Crippen LogP contribution in [0.2, 0.25) is 0 Å². The van der Waals surface area contributed by atoms with Crippen molar-refractivity contribution >= 4 is 11.8 Å². The van der Waals surface area contributed by atoms with E-state index < -0.39 is 205 Å². The molecule has 2 amide bonds. The van der Waals surface area contributed by atoms with Gasteiger partial charge in [0, 0.05) is 13.3 Å². The van der Waals surface area contributed by atoms with Gasteiger partial charge in [-0.2, -0.15) is 0 Å². The van der Waals surface area contributed by atoms with Crippen molar-refractivity contribution in [2.75, 3.05) is 33.0 Å². The molecule has 27 atom stereocenters. The number of nitrogens with one attached hydrogen (secondary N) is 2. The van der Waals surface area contributed by atoms with Gasteiger partial charge in [0.05, 0.1) is 51.3 Å². The molecule has 0 radical (unpaired) electrons. The Kier molecular flexibility index (Phi) is 39.3. The fourth-order valence-corrected chi connectivity index (χ4v) is 12.8. The zero-order valence-corrected chi connectivity index (χ0v) is 56.3. The summed E-state index contributed by atoms with van der Waals surface area (Å²) >= 11 is 0. The van der Waals surface area contributed by atoms with E-state index >= 15 is 0 Å². The second kappa shape index (κ2) is 44.8. The summed E-state index contributed by atoms with van der Waals surface area (Å²) in [6.45, 7) is 2.62. The highest BCUT2D eigenvalue weighted by molar-refractivity contribution is 5.76. The highest BCUT2D eigenvalue weighted by Crippen LogP contribution is 2.37. The van der Waals surface area contributed by atoms with Crippen LogP contribution >= 0.6 is 0 Å². The Hall–Kier alpha value is -2.32. The number of ether oxygens (including phenoxy) is 10. The number of carbonyl (C=O) groups is 2. The number of amides is 2. The Labute approximate surface area is 559 Å². The van der Waals surface area contributed by atoms with Crippen LogP contribution in [0, 0.1) is 0 Å². The number of aliphatic hydroxyl groups excluding tert-OH is 15. The lowest BCUT2D eigenvalue weighted by atomic mass is 9.94. The summed E-state index contributed by atoms with van der Waals surface area (Å²) in [4.78, 5) is 26.3. The third-order valence-electron chi connectivity index (χ3n) is 18.7. The van der Waals surface area contributed by atoms with Gasteiger partial charge in [-0.1, -0.05) is 167 Å². The zero-order chi connectivity index (χ0) is 69.6. The molecule has 5 saturated heterocycles. The van der Waals surface area contributed by atoms with E-state index in [2.05, 4.69) is 24.5 Å². The van der Waals surface area contributed by atoms with Crippen LogP contribution in [0.4, 0.5) is 0 Å². The number of hydrogen-bond donors (Lipinski definition) is 17. The molecule has 0 spiro atoms. The van der Waals surface area contributed by atoms with Crippen molar-refractivity contribution in [3.05, 3.63) is 12.2 Å². The van der Waals surface area contributed by atoms with Crippen molar-refractivity contribution in [1.29, 1.82) is 0 Å². The Morgan fingerprint density at radius 1 is 0.432 bits per heavy atom. The Morgan fingerprint density at radius 2 is 0.832 bits per heavy atom. The molecule has 10 unspecified atom stereocenters. The molecule has 5 aliphatic heterocycles. The van der Waals surface area contributed by atoms with E-state index in [0.29, 0.717) is 12.8 Å². The van der Waals surface area contributed by atoms with Crippen LogP contribution in [-0.4, -0.2) is 287 Å². The van der Waals surface area contributed by atoms with Crippen molar-refractivity contribution in [3.8, 4) is 0 Å². The van der Waals surface area contributed by atoms with Crippen molar-refractivity contribution < 1.29 is 134 Å². The minimum Gasteiger partial charge on any atom is -0.394 e. The summed E-state index contributed by atoms with van der Waals surface area (Å²) in [6.07, 6.45) is -12.7. The molecule has 29 heteroatoms. The number of hydrogen-bond acceptors (Lipinski definition) is 27. The summed E-state index contributed by atoms with van der Waals surface area (Å²) in [5.41, 5.74) is 0. The molecule has 5 aliphatic rings. The summed E-state index contributed by atoms with van der Waals surface area (Å²) in [6, 6.07) is -2.76. The minimum absolute atomic E-state index is 0.200. The molecule has 5 fully saturated rings. The maximum absolute atomic E-state index is 13.4. The maximum Gasteiger partial charge on any atom is 0.220 e. The molecule has 95 heavy (non-hydrogen) atoms. The molecular weight excluding hydrogens is 1250 g/mol. The van der Waals surface area contributed by atoms with Crippen molar-refractivity contribution in [2.24, 2.45) is 0 Å². The zero-order valence-electron chi connectivity index (χ0n) is 56.3. The van der Waals surface area contributed by atoms with Crippen LogP contribution in [0.3, 0.4) is 0 Å².